The summed E-state index contributed by atoms with van der Waals surface area (Å²) >= 11 is 0. The maximum Gasteiger partial charge on any atom is 0.223 e. The minimum atomic E-state index is -0.785. The van der Waals surface area contributed by atoms with E-state index >= 15 is 0 Å². The second-order valence-electron chi connectivity index (χ2n) is 6.36. The van der Waals surface area contributed by atoms with Crippen molar-refractivity contribution < 1.29 is 19.0 Å². The monoisotopic (exact) mass is 347 g/mol. The lowest BCUT2D eigenvalue weighted by molar-refractivity contribution is -0.130. The zero-order valence-corrected chi connectivity index (χ0v) is 14.4. The molecule has 6 nitrogen and oxygen atoms in total. The largest absolute Gasteiger partial charge is 0.486 e. The Morgan fingerprint density at radius 1 is 1.44 bits per heavy atom. The fourth-order valence-electron chi connectivity index (χ4n) is 2.98. The van der Waals surface area contributed by atoms with E-state index in [1.54, 1.807) is 27.9 Å². The van der Waals surface area contributed by atoms with Crippen LogP contribution in [0.25, 0.3) is 0 Å². The Balaban J connectivity index is 1.55. The van der Waals surface area contributed by atoms with Gasteiger partial charge < -0.3 is 14.7 Å². The van der Waals surface area contributed by atoms with E-state index in [9.17, 15) is 14.3 Å². The number of aliphatic hydroxyl groups is 1. The second kappa shape index (κ2) is 7.23. The van der Waals surface area contributed by atoms with Crippen LogP contribution in [0.5, 0.6) is 5.75 Å². The number of aryl methyl sites for hydroxylation is 2. The molecule has 7 heteroatoms. The predicted molar refractivity (Wildman–Crippen MR) is 89.7 cm³/mol. The molecule has 1 aliphatic rings. The molecule has 1 saturated heterocycles. The van der Waals surface area contributed by atoms with Crippen molar-refractivity contribution in [2.45, 2.75) is 32.0 Å². The summed E-state index contributed by atoms with van der Waals surface area (Å²) in [5.74, 6) is -0.0817. The maximum atomic E-state index is 13.2. The van der Waals surface area contributed by atoms with Crippen molar-refractivity contribution >= 4 is 5.91 Å². The minimum Gasteiger partial charge on any atom is -0.486 e. The highest BCUT2D eigenvalue weighted by molar-refractivity contribution is 5.77. The van der Waals surface area contributed by atoms with Crippen molar-refractivity contribution in [1.82, 2.24) is 14.7 Å². The molecule has 0 spiro atoms. The number of rotatable bonds is 5. The van der Waals surface area contributed by atoms with Crippen LogP contribution in [-0.4, -0.2) is 51.0 Å². The molecular weight excluding hydrogens is 325 g/mol. The van der Waals surface area contributed by atoms with Gasteiger partial charge in [0.15, 0.2) is 0 Å². The summed E-state index contributed by atoms with van der Waals surface area (Å²) in [6, 6.07) is 5.77. The first kappa shape index (κ1) is 17.4. The number of amides is 1. The molecule has 2 atom stereocenters. The van der Waals surface area contributed by atoms with E-state index in [1.807, 2.05) is 14.0 Å². The SMILES string of the molecule is Cc1c(CCC(=O)N2C[C@@H](O)[C@H](Oc3cccc(F)c3)C2)cnn1C. The number of aromatic nitrogens is 2. The summed E-state index contributed by atoms with van der Waals surface area (Å²) in [7, 11) is 1.87. The van der Waals surface area contributed by atoms with Gasteiger partial charge in [-0.05, 0) is 31.0 Å². The summed E-state index contributed by atoms with van der Waals surface area (Å²) in [6.45, 7) is 2.49. The van der Waals surface area contributed by atoms with Gasteiger partial charge in [-0.3, -0.25) is 9.48 Å². The van der Waals surface area contributed by atoms with Crippen molar-refractivity contribution in [2.24, 2.45) is 7.05 Å². The average Bonchev–Trinajstić information content (AvgIpc) is 3.09. The standard InChI is InChI=1S/C18H22FN3O3/c1-12-13(9-20-21(12)2)6-7-18(24)22-10-16(23)17(11-22)25-15-5-3-4-14(19)8-15/h3-5,8-9,16-17,23H,6-7,10-11H2,1-2H3/t16-,17-/m1/s1. The highest BCUT2D eigenvalue weighted by atomic mass is 19.1. The van der Waals surface area contributed by atoms with Crippen LogP contribution in [0.1, 0.15) is 17.7 Å². The zero-order chi connectivity index (χ0) is 18.0. The van der Waals surface area contributed by atoms with Gasteiger partial charge in [0.1, 0.15) is 23.8 Å². The fourth-order valence-corrected chi connectivity index (χ4v) is 2.98. The average molecular weight is 347 g/mol. The zero-order valence-electron chi connectivity index (χ0n) is 14.4. The number of hydrogen-bond donors (Lipinski definition) is 1. The molecule has 25 heavy (non-hydrogen) atoms. The number of β-amino-alcohol motifs (C(OH)–C–C–N with tert-alkyl or cyclic N) is 1. The van der Waals surface area contributed by atoms with Crippen LogP contribution in [0.3, 0.4) is 0 Å². The molecule has 0 unspecified atom stereocenters. The Hall–Kier alpha value is -2.41. The minimum absolute atomic E-state index is 0.0346. The number of halogens is 1. The Labute approximate surface area is 145 Å². The van der Waals surface area contributed by atoms with Crippen molar-refractivity contribution in [2.75, 3.05) is 13.1 Å². The molecule has 0 saturated carbocycles. The summed E-state index contributed by atoms with van der Waals surface area (Å²) < 4.78 is 20.6. The van der Waals surface area contributed by atoms with E-state index in [0.717, 1.165) is 11.3 Å². The molecule has 1 amide bonds. The normalized spacial score (nSPS) is 20.1. The Bertz CT molecular complexity index is 762. The van der Waals surface area contributed by atoms with Gasteiger partial charge in [0.05, 0.1) is 19.3 Å². The molecule has 2 heterocycles. The second-order valence-corrected chi connectivity index (χ2v) is 6.36. The van der Waals surface area contributed by atoms with Crippen LogP contribution >= 0.6 is 0 Å². The number of carbonyl (C=O) groups is 1. The molecule has 1 aliphatic heterocycles. The third-order valence-corrected chi connectivity index (χ3v) is 4.62. The number of likely N-dealkylation sites (tertiary alicyclic amines) is 1. The fraction of sp³-hybridized carbons (Fsp3) is 0.444. The van der Waals surface area contributed by atoms with Crippen LogP contribution in [0, 0.1) is 12.7 Å². The Morgan fingerprint density at radius 2 is 2.24 bits per heavy atom. The molecule has 0 aliphatic carbocycles. The van der Waals surface area contributed by atoms with Gasteiger partial charge in [-0.2, -0.15) is 5.10 Å². The Kier molecular flexibility index (Phi) is 5.03. The van der Waals surface area contributed by atoms with E-state index < -0.39 is 18.0 Å². The molecule has 2 aromatic rings. The lowest BCUT2D eigenvalue weighted by Crippen LogP contribution is -2.31. The van der Waals surface area contributed by atoms with E-state index in [0.29, 0.717) is 25.1 Å². The van der Waals surface area contributed by atoms with Gasteiger partial charge in [-0.15, -0.1) is 0 Å². The summed E-state index contributed by atoms with van der Waals surface area (Å²) in [5.41, 5.74) is 2.09. The van der Waals surface area contributed by atoms with Crippen LogP contribution in [0.2, 0.25) is 0 Å². The molecule has 0 bridgehead atoms. The molecule has 134 valence electrons. The van der Waals surface area contributed by atoms with Crippen molar-refractivity contribution in [1.29, 1.82) is 0 Å². The predicted octanol–water partition coefficient (Wildman–Crippen LogP) is 1.45. The quantitative estimate of drug-likeness (QED) is 0.889. The summed E-state index contributed by atoms with van der Waals surface area (Å²) in [4.78, 5) is 14.0. The first-order valence-electron chi connectivity index (χ1n) is 8.29. The molecule has 0 radical (unpaired) electrons. The maximum absolute atomic E-state index is 13.2. The van der Waals surface area contributed by atoms with E-state index in [4.69, 9.17) is 4.74 Å². The smallest absolute Gasteiger partial charge is 0.223 e. The van der Waals surface area contributed by atoms with Gasteiger partial charge >= 0.3 is 0 Å². The molecule has 1 aromatic carbocycles. The van der Waals surface area contributed by atoms with Gasteiger partial charge in [0, 0.05) is 25.2 Å². The number of benzene rings is 1. The first-order valence-corrected chi connectivity index (χ1v) is 8.29. The van der Waals surface area contributed by atoms with E-state index in [1.165, 1.54) is 12.1 Å². The third kappa shape index (κ3) is 3.99. The van der Waals surface area contributed by atoms with Crippen LogP contribution in [0.4, 0.5) is 4.39 Å². The molecule has 1 aromatic heterocycles. The van der Waals surface area contributed by atoms with Crippen LogP contribution in [0.15, 0.2) is 30.5 Å². The van der Waals surface area contributed by atoms with Crippen molar-refractivity contribution in [3.05, 3.63) is 47.5 Å². The topological polar surface area (TPSA) is 67.6 Å². The molecule has 1 fully saturated rings. The highest BCUT2D eigenvalue weighted by Crippen LogP contribution is 2.21. The van der Waals surface area contributed by atoms with E-state index in [-0.39, 0.29) is 12.5 Å². The summed E-state index contributed by atoms with van der Waals surface area (Å²) in [5, 5.41) is 14.3. The first-order chi connectivity index (χ1) is 11.9. The van der Waals surface area contributed by atoms with E-state index in [2.05, 4.69) is 5.10 Å². The third-order valence-electron chi connectivity index (χ3n) is 4.62. The Morgan fingerprint density at radius 3 is 2.92 bits per heavy atom. The molecule has 1 N–H and O–H groups in total. The van der Waals surface area contributed by atoms with Crippen molar-refractivity contribution in [3.8, 4) is 5.75 Å². The van der Waals surface area contributed by atoms with Crippen LogP contribution < -0.4 is 4.74 Å². The number of hydrogen-bond acceptors (Lipinski definition) is 4. The van der Waals surface area contributed by atoms with Gasteiger partial charge in [0.25, 0.3) is 0 Å². The van der Waals surface area contributed by atoms with Gasteiger partial charge in [0.2, 0.25) is 5.91 Å². The summed E-state index contributed by atoms with van der Waals surface area (Å²) in [6.07, 6.45) is 1.40. The number of nitrogens with zero attached hydrogens (tertiary/aromatic N) is 3. The highest BCUT2D eigenvalue weighted by Gasteiger charge is 2.35. The number of carbonyl (C=O) groups excluding carboxylic acids is 1. The van der Waals surface area contributed by atoms with Gasteiger partial charge in [-0.1, -0.05) is 6.07 Å². The van der Waals surface area contributed by atoms with Crippen molar-refractivity contribution in [3.63, 3.8) is 0 Å². The number of aliphatic hydroxyl groups excluding tert-OH is 1. The lowest BCUT2D eigenvalue weighted by Gasteiger charge is -2.17. The lowest BCUT2D eigenvalue weighted by atomic mass is 10.1. The number of ether oxygens (including phenoxy) is 1. The molecular formula is C18H22FN3O3. The molecule has 3 rings (SSSR count). The van der Waals surface area contributed by atoms with Gasteiger partial charge in [-0.25, -0.2) is 4.39 Å². The van der Waals surface area contributed by atoms with Crippen LogP contribution in [-0.2, 0) is 18.3 Å².